The van der Waals surface area contributed by atoms with Crippen molar-refractivity contribution in [3.05, 3.63) is 46.7 Å². The highest BCUT2D eigenvalue weighted by atomic mass is 19.1. The summed E-state index contributed by atoms with van der Waals surface area (Å²) >= 11 is 0. The van der Waals surface area contributed by atoms with Gasteiger partial charge in [-0.05, 0) is 55.7 Å². The van der Waals surface area contributed by atoms with E-state index in [1.165, 1.54) is 0 Å². The molecule has 0 saturated heterocycles. The van der Waals surface area contributed by atoms with Crippen LogP contribution in [-0.4, -0.2) is 71.8 Å². The van der Waals surface area contributed by atoms with Crippen LogP contribution < -0.4 is 0 Å². The number of rotatable bonds is 7. The Morgan fingerprint density at radius 2 is 1.97 bits per heavy atom. The largest absolute Gasteiger partial charge is 0.394 e. The Labute approximate surface area is 190 Å². The van der Waals surface area contributed by atoms with Crippen molar-refractivity contribution >= 4 is 11.2 Å². The molecule has 2 aliphatic rings. The van der Waals surface area contributed by atoms with Crippen LogP contribution in [0.3, 0.4) is 0 Å². The Morgan fingerprint density at radius 3 is 2.73 bits per heavy atom. The van der Waals surface area contributed by atoms with Gasteiger partial charge in [0, 0.05) is 6.42 Å². The summed E-state index contributed by atoms with van der Waals surface area (Å²) < 4.78 is 21.0. The average Bonchev–Trinajstić information content (AvgIpc) is 3.34. The van der Waals surface area contributed by atoms with Crippen molar-refractivity contribution in [3.63, 3.8) is 0 Å². The zero-order valence-electron chi connectivity index (χ0n) is 18.6. The second-order valence-corrected chi connectivity index (χ2v) is 9.16. The van der Waals surface area contributed by atoms with Crippen LogP contribution in [0.15, 0.2) is 18.2 Å². The van der Waals surface area contributed by atoms with Gasteiger partial charge in [0.15, 0.2) is 11.2 Å². The minimum absolute atomic E-state index is 0.0815. The predicted octanol–water partition coefficient (Wildman–Crippen LogP) is 1.37. The van der Waals surface area contributed by atoms with Crippen LogP contribution >= 0.6 is 0 Å². The van der Waals surface area contributed by atoms with E-state index in [-0.39, 0.29) is 24.9 Å². The maximum absolute atomic E-state index is 14.0. The molecule has 0 amide bonds. The smallest absolute Gasteiger partial charge is 0.182 e. The molecule has 6 atom stereocenters. The highest BCUT2D eigenvalue weighted by molar-refractivity contribution is 5.72. The monoisotopic (exact) mass is 457 g/mol. The van der Waals surface area contributed by atoms with E-state index < -0.39 is 24.4 Å². The van der Waals surface area contributed by atoms with Crippen LogP contribution in [0.2, 0.25) is 0 Å². The first-order chi connectivity index (χ1) is 15.9. The van der Waals surface area contributed by atoms with Gasteiger partial charge in [0.2, 0.25) is 0 Å². The number of hydrogen-bond donors (Lipinski definition) is 3. The molecule has 3 aromatic rings. The van der Waals surface area contributed by atoms with Crippen LogP contribution in [0.5, 0.6) is 0 Å². The first-order valence-corrected chi connectivity index (χ1v) is 11.3. The molecule has 0 bridgehead atoms. The second-order valence-electron chi connectivity index (χ2n) is 9.16. The Morgan fingerprint density at radius 1 is 1.15 bits per heavy atom. The van der Waals surface area contributed by atoms with Gasteiger partial charge >= 0.3 is 0 Å². The molecule has 9 nitrogen and oxygen atoms in total. The molecule has 10 heteroatoms. The number of benzene rings is 1. The third kappa shape index (κ3) is 4.12. The lowest BCUT2D eigenvalue weighted by Gasteiger charge is -2.17. The number of hydrogen-bond acceptors (Lipinski definition) is 8. The number of halogens is 1. The number of aryl methyl sites for hydroxylation is 2. The molecule has 1 aromatic carbocycles. The molecule has 2 heterocycles. The fraction of sp³-hybridized carbons (Fsp3) is 0.565. The standard InChI is InChI=1S/C23H28FN5O4/c1-11-3-4-13(8-16(11)24)15-7-14(15)9-17-20-23(26-12(2)25-17)29(28-27-20)18-10-19(33-6-5-30)22(32)21(18)31/h3-4,8,14-15,18-19,21-22,30-32H,5-7,9-10H2,1-2H3/t14-,15-,18+,19-,21-,22+/m0/s1. The van der Waals surface area contributed by atoms with Crippen molar-refractivity contribution in [1.29, 1.82) is 0 Å². The third-order valence-corrected chi connectivity index (χ3v) is 6.85. The first-order valence-electron chi connectivity index (χ1n) is 11.3. The topological polar surface area (TPSA) is 126 Å². The SMILES string of the molecule is Cc1nc(C[C@@H]2C[C@H]2c2ccc(C)c(F)c2)c2nnn([C@@H]3C[C@H](OCCO)[C@@H](O)[C@H]3O)c2n1. The van der Waals surface area contributed by atoms with Gasteiger partial charge in [-0.1, -0.05) is 17.3 Å². The van der Waals surface area contributed by atoms with Crippen LogP contribution in [-0.2, 0) is 11.2 Å². The lowest BCUT2D eigenvalue weighted by Crippen LogP contribution is -2.33. The highest BCUT2D eigenvalue weighted by Gasteiger charge is 2.45. The summed E-state index contributed by atoms with van der Waals surface area (Å²) in [5.74, 6) is 1.02. The highest BCUT2D eigenvalue weighted by Crippen LogP contribution is 2.49. The van der Waals surface area contributed by atoms with Gasteiger partial charge < -0.3 is 20.1 Å². The van der Waals surface area contributed by atoms with Crippen molar-refractivity contribution in [1.82, 2.24) is 25.0 Å². The maximum atomic E-state index is 14.0. The number of nitrogens with zero attached hydrogens (tertiary/aromatic N) is 5. The van der Waals surface area contributed by atoms with Gasteiger partial charge in [-0.3, -0.25) is 0 Å². The van der Waals surface area contributed by atoms with E-state index in [2.05, 4.69) is 20.3 Å². The lowest BCUT2D eigenvalue weighted by atomic mass is 10.0. The van der Waals surface area contributed by atoms with E-state index in [1.54, 1.807) is 24.6 Å². The molecule has 5 rings (SSSR count). The quantitative estimate of drug-likeness (QED) is 0.486. The molecule has 2 fully saturated rings. The fourth-order valence-electron chi connectivity index (χ4n) is 4.92. The van der Waals surface area contributed by atoms with Crippen LogP contribution in [0.4, 0.5) is 4.39 Å². The molecule has 0 radical (unpaired) electrons. The van der Waals surface area contributed by atoms with Crippen LogP contribution in [0.1, 0.15) is 47.4 Å². The molecule has 2 aromatic heterocycles. The van der Waals surface area contributed by atoms with E-state index in [4.69, 9.17) is 9.84 Å². The Hall–Kier alpha value is -2.53. The lowest BCUT2D eigenvalue weighted by molar-refractivity contribution is -0.0629. The summed E-state index contributed by atoms with van der Waals surface area (Å²) in [5, 5.41) is 38.5. The van der Waals surface area contributed by atoms with Crippen molar-refractivity contribution < 1.29 is 24.4 Å². The number of aromatic nitrogens is 5. The third-order valence-electron chi connectivity index (χ3n) is 6.85. The summed E-state index contributed by atoms with van der Waals surface area (Å²) in [6.07, 6.45) is -0.842. The Balaban J connectivity index is 1.38. The number of aliphatic hydroxyl groups is 3. The molecule has 0 spiro atoms. The normalized spacial score (nSPS) is 29.2. The summed E-state index contributed by atoms with van der Waals surface area (Å²) in [6.45, 7) is 3.48. The summed E-state index contributed by atoms with van der Waals surface area (Å²) in [4.78, 5) is 9.12. The van der Waals surface area contributed by atoms with E-state index in [0.717, 1.165) is 17.7 Å². The van der Waals surface area contributed by atoms with Gasteiger partial charge in [-0.25, -0.2) is 19.0 Å². The summed E-state index contributed by atoms with van der Waals surface area (Å²) in [7, 11) is 0. The van der Waals surface area contributed by atoms with Crippen LogP contribution in [0.25, 0.3) is 11.2 Å². The zero-order valence-corrected chi connectivity index (χ0v) is 18.6. The first kappa shape index (κ1) is 22.3. The van der Waals surface area contributed by atoms with E-state index in [0.29, 0.717) is 41.3 Å². The number of ether oxygens (including phenoxy) is 1. The molecule has 2 saturated carbocycles. The second kappa shape index (κ2) is 8.68. The molecule has 3 N–H and O–H groups in total. The maximum Gasteiger partial charge on any atom is 0.182 e. The summed E-state index contributed by atoms with van der Waals surface area (Å²) in [6, 6.07) is 4.87. The fourth-order valence-corrected chi connectivity index (χ4v) is 4.92. The number of aliphatic hydroxyl groups excluding tert-OH is 3. The van der Waals surface area contributed by atoms with Gasteiger partial charge in [0.1, 0.15) is 23.8 Å². The van der Waals surface area contributed by atoms with E-state index >= 15 is 0 Å². The van der Waals surface area contributed by atoms with E-state index in [9.17, 15) is 14.6 Å². The van der Waals surface area contributed by atoms with Crippen LogP contribution in [0, 0.1) is 25.6 Å². The van der Waals surface area contributed by atoms with Gasteiger partial charge in [-0.2, -0.15) is 0 Å². The zero-order chi connectivity index (χ0) is 23.3. The molecule has 2 aliphatic carbocycles. The Bertz CT molecular complexity index is 1170. The van der Waals surface area contributed by atoms with Crippen molar-refractivity contribution in [2.75, 3.05) is 13.2 Å². The van der Waals surface area contributed by atoms with Crippen molar-refractivity contribution in [2.24, 2.45) is 5.92 Å². The van der Waals surface area contributed by atoms with E-state index in [1.807, 2.05) is 12.1 Å². The van der Waals surface area contributed by atoms with Gasteiger partial charge in [-0.15, -0.1) is 5.10 Å². The average molecular weight is 458 g/mol. The molecular weight excluding hydrogens is 429 g/mol. The van der Waals surface area contributed by atoms with Gasteiger partial charge in [0.25, 0.3) is 0 Å². The summed E-state index contributed by atoms with van der Waals surface area (Å²) in [5.41, 5.74) is 3.51. The molecular formula is C23H28FN5O4. The van der Waals surface area contributed by atoms with Crippen molar-refractivity contribution in [2.45, 2.75) is 63.4 Å². The minimum atomic E-state index is -1.10. The minimum Gasteiger partial charge on any atom is -0.394 e. The molecule has 0 aliphatic heterocycles. The Kier molecular flexibility index (Phi) is 5.86. The molecule has 176 valence electrons. The van der Waals surface area contributed by atoms with Crippen molar-refractivity contribution in [3.8, 4) is 0 Å². The number of fused-ring (bicyclic) bond motifs is 1. The molecule has 0 unspecified atom stereocenters. The predicted molar refractivity (Wildman–Crippen MR) is 116 cm³/mol. The van der Waals surface area contributed by atoms with Gasteiger partial charge in [0.05, 0.1) is 31.1 Å². The molecule has 33 heavy (non-hydrogen) atoms.